The average Bonchev–Trinajstić information content (AvgIpc) is 2.75. The van der Waals surface area contributed by atoms with Gasteiger partial charge in [0.05, 0.1) is 17.1 Å². The molecule has 3 heteroatoms. The third kappa shape index (κ3) is 1.95. The van der Waals surface area contributed by atoms with Crippen LogP contribution in [0.1, 0.15) is 39.5 Å². The second-order valence-electron chi connectivity index (χ2n) is 4.08. The van der Waals surface area contributed by atoms with E-state index in [-0.39, 0.29) is 0 Å². The van der Waals surface area contributed by atoms with E-state index in [9.17, 15) is 0 Å². The van der Waals surface area contributed by atoms with Gasteiger partial charge in [-0.1, -0.05) is 11.9 Å². The molecule has 12 heavy (non-hydrogen) atoms. The molecule has 1 heterocycles. The van der Waals surface area contributed by atoms with E-state index in [1.165, 1.54) is 25.7 Å². The van der Waals surface area contributed by atoms with Crippen LogP contribution in [0.3, 0.4) is 0 Å². The Morgan fingerprint density at radius 1 is 1.42 bits per heavy atom. The number of ether oxygens (including phenoxy) is 1. The van der Waals surface area contributed by atoms with Crippen LogP contribution in [0.25, 0.3) is 0 Å². The van der Waals surface area contributed by atoms with Crippen LogP contribution >= 0.6 is 11.9 Å². The Morgan fingerprint density at radius 3 is 2.42 bits per heavy atom. The Balaban J connectivity index is 1.74. The van der Waals surface area contributed by atoms with Crippen molar-refractivity contribution in [3.05, 3.63) is 0 Å². The van der Waals surface area contributed by atoms with E-state index in [4.69, 9.17) is 4.74 Å². The molecule has 0 radical (unpaired) electrons. The minimum Gasteiger partial charge on any atom is -0.376 e. The van der Waals surface area contributed by atoms with Crippen molar-refractivity contribution in [1.29, 1.82) is 0 Å². The average molecular weight is 187 g/mol. The quantitative estimate of drug-likeness (QED) is 0.531. The molecule has 0 amide bonds. The molecule has 0 aromatic rings. The Bertz CT molecular complexity index is 158. The molecule has 2 nitrogen and oxygen atoms in total. The molecule has 2 rings (SSSR count). The highest BCUT2D eigenvalue weighted by Crippen LogP contribution is 2.48. The van der Waals surface area contributed by atoms with Crippen molar-refractivity contribution in [2.75, 3.05) is 0 Å². The predicted octanol–water partition coefficient (Wildman–Crippen LogP) is 2.30. The van der Waals surface area contributed by atoms with Gasteiger partial charge in [-0.3, -0.25) is 0 Å². The van der Waals surface area contributed by atoms with Crippen molar-refractivity contribution in [3.8, 4) is 0 Å². The highest BCUT2D eigenvalue weighted by molar-refractivity contribution is 8.05. The van der Waals surface area contributed by atoms with Crippen LogP contribution in [0.2, 0.25) is 0 Å². The number of nitrogens with one attached hydrogen (secondary N) is 1. The van der Waals surface area contributed by atoms with Crippen LogP contribution in [-0.2, 0) is 4.74 Å². The lowest BCUT2D eigenvalue weighted by Crippen LogP contribution is -2.29. The highest BCUT2D eigenvalue weighted by atomic mass is 32.2. The minimum absolute atomic E-state index is 0.392. The summed E-state index contributed by atoms with van der Waals surface area (Å²) in [6.07, 6.45) is 5.96. The van der Waals surface area contributed by atoms with E-state index in [1.807, 2.05) is 11.9 Å². The molecule has 0 atom stereocenters. The molecule has 2 fully saturated rings. The van der Waals surface area contributed by atoms with Gasteiger partial charge in [-0.25, -0.2) is 4.72 Å². The molecule has 1 saturated heterocycles. The molecule has 1 aliphatic heterocycles. The zero-order chi connectivity index (χ0) is 8.60. The summed E-state index contributed by atoms with van der Waals surface area (Å²) >= 11 is 1.91. The van der Waals surface area contributed by atoms with Gasteiger partial charge in [-0.2, -0.15) is 0 Å². The molecular formula is C9H17NOS. The van der Waals surface area contributed by atoms with Crippen molar-refractivity contribution in [1.82, 2.24) is 4.72 Å². The predicted molar refractivity (Wildman–Crippen MR) is 51.9 cm³/mol. The lowest BCUT2D eigenvalue weighted by molar-refractivity contribution is -0.0150. The van der Waals surface area contributed by atoms with Crippen LogP contribution in [0.4, 0.5) is 0 Å². The maximum Gasteiger partial charge on any atom is 0.0883 e. The van der Waals surface area contributed by atoms with Crippen molar-refractivity contribution >= 4 is 11.9 Å². The van der Waals surface area contributed by atoms with Crippen molar-refractivity contribution in [2.45, 2.75) is 56.6 Å². The minimum atomic E-state index is 0.392. The summed E-state index contributed by atoms with van der Waals surface area (Å²) < 4.78 is 9.16. The van der Waals surface area contributed by atoms with Crippen LogP contribution < -0.4 is 4.72 Å². The Labute approximate surface area is 78.6 Å². The van der Waals surface area contributed by atoms with Gasteiger partial charge in [0, 0.05) is 0 Å². The Morgan fingerprint density at radius 2 is 2.00 bits per heavy atom. The second-order valence-corrected chi connectivity index (χ2v) is 5.27. The lowest BCUT2D eigenvalue weighted by atomic mass is 9.93. The van der Waals surface area contributed by atoms with Crippen LogP contribution in [0, 0.1) is 0 Å². The molecule has 2 aliphatic rings. The lowest BCUT2D eigenvalue weighted by Gasteiger charge is -2.27. The van der Waals surface area contributed by atoms with Gasteiger partial charge in [-0.05, 0) is 39.5 Å². The van der Waals surface area contributed by atoms with Gasteiger partial charge in [0.2, 0.25) is 0 Å². The third-order valence-electron chi connectivity index (χ3n) is 2.60. The van der Waals surface area contributed by atoms with Crippen LogP contribution in [0.5, 0.6) is 0 Å². The van der Waals surface area contributed by atoms with E-state index in [0.29, 0.717) is 17.1 Å². The zero-order valence-corrected chi connectivity index (χ0v) is 8.62. The van der Waals surface area contributed by atoms with E-state index in [1.54, 1.807) is 0 Å². The number of hydrogen-bond donors (Lipinski definition) is 1. The van der Waals surface area contributed by atoms with E-state index >= 15 is 0 Å². The van der Waals surface area contributed by atoms with Gasteiger partial charge in [0.1, 0.15) is 0 Å². The summed E-state index contributed by atoms with van der Waals surface area (Å²) in [4.78, 5) is 0.483. The molecule has 1 aliphatic carbocycles. The number of hydrogen-bond acceptors (Lipinski definition) is 3. The standard InChI is InChI=1S/C9H17NOS/c1-7(2)11-8-3-5-9(6-4-8)10-12-9/h7-8,10H,3-6H2,1-2H3/t8-,9-. The molecule has 0 aromatic carbocycles. The maximum absolute atomic E-state index is 5.78. The van der Waals surface area contributed by atoms with Gasteiger partial charge in [0.15, 0.2) is 0 Å². The van der Waals surface area contributed by atoms with Crippen molar-refractivity contribution in [3.63, 3.8) is 0 Å². The fraction of sp³-hybridized carbons (Fsp3) is 1.00. The monoisotopic (exact) mass is 187 g/mol. The van der Waals surface area contributed by atoms with Crippen LogP contribution in [0.15, 0.2) is 0 Å². The first-order valence-corrected chi connectivity index (χ1v) is 5.62. The van der Waals surface area contributed by atoms with Gasteiger partial charge < -0.3 is 4.74 Å². The molecule has 1 spiro atoms. The third-order valence-corrected chi connectivity index (χ3v) is 3.79. The summed E-state index contributed by atoms with van der Waals surface area (Å²) in [6, 6.07) is 0. The Kier molecular flexibility index (Phi) is 2.36. The van der Waals surface area contributed by atoms with Gasteiger partial charge in [0.25, 0.3) is 0 Å². The zero-order valence-electron chi connectivity index (χ0n) is 7.80. The van der Waals surface area contributed by atoms with Crippen molar-refractivity contribution in [2.24, 2.45) is 0 Å². The molecule has 1 saturated carbocycles. The summed E-state index contributed by atoms with van der Waals surface area (Å²) in [5, 5.41) is 0. The summed E-state index contributed by atoms with van der Waals surface area (Å²) in [5.41, 5.74) is 0. The molecule has 0 unspecified atom stereocenters. The summed E-state index contributed by atoms with van der Waals surface area (Å²) in [7, 11) is 0. The topological polar surface area (TPSA) is 31.2 Å². The number of rotatable bonds is 2. The first-order chi connectivity index (χ1) is 5.70. The van der Waals surface area contributed by atoms with E-state index in [2.05, 4.69) is 18.6 Å². The fourth-order valence-electron chi connectivity index (χ4n) is 1.85. The van der Waals surface area contributed by atoms with Crippen LogP contribution in [-0.4, -0.2) is 17.1 Å². The summed E-state index contributed by atoms with van der Waals surface area (Å²) in [5.74, 6) is 0. The molecule has 0 bridgehead atoms. The highest BCUT2D eigenvalue weighted by Gasteiger charge is 2.46. The van der Waals surface area contributed by atoms with Crippen molar-refractivity contribution < 1.29 is 4.74 Å². The smallest absolute Gasteiger partial charge is 0.0883 e. The largest absolute Gasteiger partial charge is 0.376 e. The normalized spacial score (nSPS) is 40.8. The maximum atomic E-state index is 5.78. The first-order valence-electron chi connectivity index (χ1n) is 4.81. The first kappa shape index (κ1) is 8.85. The Hall–Kier alpha value is 0.270. The fourth-order valence-corrected chi connectivity index (χ4v) is 2.64. The molecule has 1 N–H and O–H groups in total. The van der Waals surface area contributed by atoms with Gasteiger partial charge >= 0.3 is 0 Å². The molecule has 0 aromatic heterocycles. The molecule has 70 valence electrons. The van der Waals surface area contributed by atoms with Gasteiger partial charge in [-0.15, -0.1) is 0 Å². The second kappa shape index (κ2) is 3.20. The van der Waals surface area contributed by atoms with E-state index < -0.39 is 0 Å². The SMILES string of the molecule is CC(C)O[C@H]1CC[C@]2(CC1)NS2. The summed E-state index contributed by atoms with van der Waals surface area (Å²) in [6.45, 7) is 4.24. The molecular weight excluding hydrogens is 170 g/mol. The van der Waals surface area contributed by atoms with E-state index in [0.717, 1.165) is 0 Å².